The van der Waals surface area contributed by atoms with Gasteiger partial charge in [0.2, 0.25) is 0 Å². The number of phosphoric acid groups is 1. The monoisotopic (exact) mass is 1110 g/mol. The van der Waals surface area contributed by atoms with Crippen LogP contribution in [0.3, 0.4) is 0 Å². The van der Waals surface area contributed by atoms with E-state index in [4.69, 9.17) is 18.5 Å². The molecule has 2 atom stereocenters. The van der Waals surface area contributed by atoms with Crippen molar-refractivity contribution in [3.8, 4) is 0 Å². The number of carbonyl (C=O) groups is 2. The lowest BCUT2D eigenvalue weighted by Crippen LogP contribution is -2.37. The van der Waals surface area contributed by atoms with Gasteiger partial charge >= 0.3 is 19.8 Å². The zero-order chi connectivity index (χ0) is 57.0. The minimum absolute atomic E-state index is 0.0288. The molecule has 0 spiro atoms. The molecule has 0 aromatic heterocycles. The molecule has 2 unspecified atom stereocenters. The topological polar surface area (TPSA) is 108 Å². The van der Waals surface area contributed by atoms with Gasteiger partial charge in [0.05, 0.1) is 27.7 Å². The van der Waals surface area contributed by atoms with Crippen LogP contribution in [0, 0.1) is 0 Å². The van der Waals surface area contributed by atoms with Crippen molar-refractivity contribution in [1.82, 2.24) is 0 Å². The van der Waals surface area contributed by atoms with Gasteiger partial charge in [-0.1, -0.05) is 265 Å². The van der Waals surface area contributed by atoms with Gasteiger partial charge in [-0.25, -0.2) is 4.57 Å². The summed E-state index contributed by atoms with van der Waals surface area (Å²) in [4.78, 5) is 35.8. The quantitative estimate of drug-likeness (QED) is 0.0211. The highest BCUT2D eigenvalue weighted by Crippen LogP contribution is 2.43. The van der Waals surface area contributed by atoms with E-state index in [0.717, 1.165) is 89.9 Å². The number of nitrogens with zero attached hydrogens (tertiary/aromatic N) is 1. The van der Waals surface area contributed by atoms with Crippen LogP contribution in [-0.2, 0) is 32.7 Å². The molecule has 0 saturated heterocycles. The van der Waals surface area contributed by atoms with E-state index < -0.39 is 26.5 Å². The number of likely N-dealkylation sites (N-methyl/N-ethyl adjacent to an activating group) is 1. The molecule has 0 aromatic carbocycles. The Morgan fingerprint density at radius 2 is 0.692 bits per heavy atom. The summed E-state index contributed by atoms with van der Waals surface area (Å²) >= 11 is 0. The Labute approximate surface area is 481 Å². The molecule has 0 aliphatic heterocycles. The summed E-state index contributed by atoms with van der Waals surface area (Å²) in [6.07, 6.45) is 80.6. The van der Waals surface area contributed by atoms with Crippen molar-refractivity contribution in [1.29, 1.82) is 0 Å². The molecular weight excluding hydrogens is 990 g/mol. The third-order valence-electron chi connectivity index (χ3n) is 13.6. The predicted molar refractivity (Wildman–Crippen MR) is 335 cm³/mol. The molecule has 0 rings (SSSR count). The number of quaternary nitrogens is 1. The highest BCUT2D eigenvalue weighted by molar-refractivity contribution is 7.47. The van der Waals surface area contributed by atoms with Gasteiger partial charge in [0.25, 0.3) is 0 Å². The number of unbranched alkanes of at least 4 members (excludes halogenated alkanes) is 28. The fourth-order valence-electron chi connectivity index (χ4n) is 8.76. The van der Waals surface area contributed by atoms with Crippen LogP contribution in [0.2, 0.25) is 0 Å². The lowest BCUT2D eigenvalue weighted by Gasteiger charge is -2.24. The molecule has 0 heterocycles. The Kier molecular flexibility index (Phi) is 56.3. The first-order valence-electron chi connectivity index (χ1n) is 32.0. The normalized spacial score (nSPS) is 13.9. The molecular formula is C68H121NO8P+. The zero-order valence-corrected chi connectivity index (χ0v) is 52.0. The molecule has 9 nitrogen and oxygen atoms in total. The summed E-state index contributed by atoms with van der Waals surface area (Å²) in [5.74, 6) is -0.794. The van der Waals surface area contributed by atoms with Gasteiger partial charge in [0, 0.05) is 12.8 Å². The van der Waals surface area contributed by atoms with Gasteiger partial charge in [0.15, 0.2) is 6.10 Å². The zero-order valence-electron chi connectivity index (χ0n) is 51.1. The summed E-state index contributed by atoms with van der Waals surface area (Å²) in [5, 5.41) is 0. The Morgan fingerprint density at radius 3 is 1.03 bits per heavy atom. The predicted octanol–water partition coefficient (Wildman–Crippen LogP) is 20.4. The molecule has 0 aliphatic rings. The SMILES string of the molecule is CC/C=C\C/C=C\C/C=C\C/C=C\CCCCCCCCCCCCCCCCC(=O)OCC(COP(=O)(O)OCC[N+](C)(C)C)OC(=O)CCCCCCCCCCCCCCCC/C=C\C/C=C\C/C=C\C/C=C\CC. The van der Waals surface area contributed by atoms with Crippen LogP contribution in [0.5, 0.6) is 0 Å². The number of hydrogen-bond donors (Lipinski definition) is 1. The van der Waals surface area contributed by atoms with Crippen molar-refractivity contribution in [2.24, 2.45) is 0 Å². The Bertz CT molecular complexity index is 1640. The Hall–Kier alpha value is -3.07. The van der Waals surface area contributed by atoms with Gasteiger partial charge < -0.3 is 18.9 Å². The maximum Gasteiger partial charge on any atom is 0.472 e. The number of allylic oxidation sites excluding steroid dienone is 16. The fourth-order valence-corrected chi connectivity index (χ4v) is 9.51. The van der Waals surface area contributed by atoms with E-state index in [-0.39, 0.29) is 32.0 Å². The molecule has 78 heavy (non-hydrogen) atoms. The van der Waals surface area contributed by atoms with Crippen LogP contribution < -0.4 is 0 Å². The van der Waals surface area contributed by atoms with Gasteiger partial charge in [-0.15, -0.1) is 0 Å². The maximum absolute atomic E-state index is 12.9. The van der Waals surface area contributed by atoms with Crippen molar-refractivity contribution in [3.63, 3.8) is 0 Å². The molecule has 0 bridgehead atoms. The van der Waals surface area contributed by atoms with E-state index in [1.165, 1.54) is 148 Å². The first-order valence-corrected chi connectivity index (χ1v) is 33.5. The smallest absolute Gasteiger partial charge is 0.462 e. The molecule has 0 aliphatic carbocycles. The molecule has 1 N–H and O–H groups in total. The average Bonchev–Trinajstić information content (AvgIpc) is 3.41. The summed E-state index contributed by atoms with van der Waals surface area (Å²) in [6.45, 7) is 4.23. The molecule has 0 fully saturated rings. The Morgan fingerprint density at radius 1 is 0.397 bits per heavy atom. The first-order chi connectivity index (χ1) is 38.0. The minimum Gasteiger partial charge on any atom is -0.462 e. The van der Waals surface area contributed by atoms with Crippen LogP contribution >= 0.6 is 7.82 Å². The molecule has 0 aromatic rings. The third-order valence-corrected chi connectivity index (χ3v) is 14.6. The second kappa shape index (κ2) is 58.6. The lowest BCUT2D eigenvalue weighted by atomic mass is 10.0. The summed E-state index contributed by atoms with van der Waals surface area (Å²) in [7, 11) is 1.47. The van der Waals surface area contributed by atoms with E-state index >= 15 is 0 Å². The van der Waals surface area contributed by atoms with Crippen molar-refractivity contribution in [2.45, 2.75) is 277 Å². The highest BCUT2D eigenvalue weighted by Gasteiger charge is 2.27. The van der Waals surface area contributed by atoms with Gasteiger partial charge in [-0.3, -0.25) is 18.6 Å². The number of phosphoric ester groups is 1. The van der Waals surface area contributed by atoms with E-state index in [1.54, 1.807) is 0 Å². The van der Waals surface area contributed by atoms with Crippen LogP contribution in [0.15, 0.2) is 97.2 Å². The number of rotatable bonds is 58. The van der Waals surface area contributed by atoms with E-state index in [0.29, 0.717) is 17.4 Å². The highest BCUT2D eigenvalue weighted by atomic mass is 31.2. The van der Waals surface area contributed by atoms with E-state index in [1.807, 2.05) is 21.1 Å². The van der Waals surface area contributed by atoms with Crippen LogP contribution in [0.4, 0.5) is 0 Å². The van der Waals surface area contributed by atoms with Gasteiger partial charge in [-0.2, -0.15) is 0 Å². The Balaban J connectivity index is 4.10. The van der Waals surface area contributed by atoms with Crippen LogP contribution in [0.1, 0.15) is 271 Å². The van der Waals surface area contributed by atoms with E-state index in [9.17, 15) is 19.0 Å². The fraction of sp³-hybridized carbons (Fsp3) is 0.735. The van der Waals surface area contributed by atoms with Crippen LogP contribution in [0.25, 0.3) is 0 Å². The van der Waals surface area contributed by atoms with E-state index in [2.05, 4.69) is 111 Å². The van der Waals surface area contributed by atoms with Gasteiger partial charge in [0.1, 0.15) is 19.8 Å². The second-order valence-corrected chi connectivity index (χ2v) is 23.8. The number of esters is 2. The first kappa shape index (κ1) is 74.9. The van der Waals surface area contributed by atoms with Crippen molar-refractivity contribution < 1.29 is 42.1 Å². The molecule has 10 heteroatoms. The third kappa shape index (κ3) is 62.1. The largest absolute Gasteiger partial charge is 0.472 e. The summed E-state index contributed by atoms with van der Waals surface area (Å²) in [6, 6.07) is 0. The number of ether oxygens (including phenoxy) is 2. The average molecular weight is 1110 g/mol. The minimum atomic E-state index is -4.39. The standard InChI is InChI=1S/C68H120NO8P/c1-6-8-10-12-14-16-18-20-22-24-26-28-30-32-34-36-38-40-42-44-46-48-50-52-54-56-58-60-67(70)74-64-66(65-76-78(72,73)75-63-62-69(3,4)5)77-68(71)61-59-57-55-53-51-49-47-45-43-41-39-37-35-33-31-29-27-25-23-21-19-17-15-13-11-9-7-2/h8-11,14-17,20-23,26-29,66H,6-7,12-13,18-19,24-25,30-65H2,1-5H3/p+1/b10-8-,11-9-,16-14-,17-15-,22-20-,23-21-,28-26-,29-27-. The lowest BCUT2D eigenvalue weighted by molar-refractivity contribution is -0.870. The second-order valence-electron chi connectivity index (χ2n) is 22.4. The summed E-state index contributed by atoms with van der Waals surface area (Å²) in [5.41, 5.74) is 0. The van der Waals surface area contributed by atoms with Crippen molar-refractivity contribution >= 4 is 19.8 Å². The summed E-state index contributed by atoms with van der Waals surface area (Å²) < 4.78 is 34.7. The van der Waals surface area contributed by atoms with Gasteiger partial charge in [-0.05, 0) is 89.9 Å². The van der Waals surface area contributed by atoms with Crippen LogP contribution in [-0.4, -0.2) is 74.9 Å². The molecule has 0 saturated carbocycles. The number of hydrogen-bond acceptors (Lipinski definition) is 7. The van der Waals surface area contributed by atoms with Crippen molar-refractivity contribution in [3.05, 3.63) is 97.2 Å². The number of carbonyl (C=O) groups excluding carboxylic acids is 2. The molecule has 450 valence electrons. The maximum atomic E-state index is 12.9. The molecule has 0 radical (unpaired) electrons. The molecule has 0 amide bonds. The van der Waals surface area contributed by atoms with Crippen molar-refractivity contribution in [2.75, 3.05) is 47.5 Å².